The second-order valence-corrected chi connectivity index (χ2v) is 5.39. The number of aryl methyl sites for hydroxylation is 1. The minimum Gasteiger partial charge on any atom is -0.478 e. The smallest absolute Gasteiger partial charge is 0.335 e. The molecule has 3 nitrogen and oxygen atoms in total. The van der Waals surface area contributed by atoms with Crippen LogP contribution in [0.2, 0.25) is 0 Å². The van der Waals surface area contributed by atoms with Crippen LogP contribution in [0.15, 0.2) is 36.4 Å². The molecule has 3 rings (SSSR count). The lowest BCUT2D eigenvalue weighted by molar-refractivity contribution is 0.0697. The normalized spacial score (nSPS) is 13.3. The molecule has 1 heterocycles. The molecule has 2 aromatic rings. The molecule has 0 unspecified atom stereocenters. The van der Waals surface area contributed by atoms with E-state index in [0.29, 0.717) is 12.1 Å². The Hall–Kier alpha value is -2.36. The van der Waals surface area contributed by atoms with Crippen LogP contribution in [-0.4, -0.2) is 17.6 Å². The van der Waals surface area contributed by atoms with Crippen molar-refractivity contribution >= 4 is 11.7 Å². The topological polar surface area (TPSA) is 40.5 Å². The van der Waals surface area contributed by atoms with Gasteiger partial charge in [-0.3, -0.25) is 0 Å². The number of carbonyl (C=O) groups is 1. The molecular weight excluding hydrogens is 269 g/mol. The first kappa shape index (κ1) is 13.6. The lowest BCUT2D eigenvalue weighted by Crippen LogP contribution is -2.20. The number of benzene rings is 2. The van der Waals surface area contributed by atoms with Gasteiger partial charge in [0.2, 0.25) is 0 Å². The highest BCUT2D eigenvalue weighted by molar-refractivity contribution is 5.89. The number of hydrogen-bond donors (Lipinski definition) is 1. The van der Waals surface area contributed by atoms with Crippen molar-refractivity contribution in [3.63, 3.8) is 0 Å². The Labute approximate surface area is 122 Å². The van der Waals surface area contributed by atoms with Gasteiger partial charge in [-0.2, -0.15) is 0 Å². The number of nitrogens with zero attached hydrogens (tertiary/aromatic N) is 1. The van der Waals surface area contributed by atoms with Gasteiger partial charge in [-0.05, 0) is 54.3 Å². The van der Waals surface area contributed by atoms with Gasteiger partial charge in [0.1, 0.15) is 5.82 Å². The third kappa shape index (κ3) is 2.61. The molecule has 21 heavy (non-hydrogen) atoms. The van der Waals surface area contributed by atoms with Crippen LogP contribution < -0.4 is 4.90 Å². The maximum atomic E-state index is 13.2. The van der Waals surface area contributed by atoms with Crippen molar-refractivity contribution in [2.75, 3.05) is 11.4 Å². The zero-order chi connectivity index (χ0) is 15.0. The second kappa shape index (κ2) is 5.20. The van der Waals surface area contributed by atoms with Crippen molar-refractivity contribution in [1.29, 1.82) is 0 Å². The maximum Gasteiger partial charge on any atom is 0.335 e. The molecule has 0 spiro atoms. The van der Waals surface area contributed by atoms with Gasteiger partial charge < -0.3 is 10.0 Å². The highest BCUT2D eigenvalue weighted by atomic mass is 19.1. The fraction of sp³-hybridized carbons (Fsp3) is 0.235. The average Bonchev–Trinajstić information content (AvgIpc) is 2.84. The first-order valence-electron chi connectivity index (χ1n) is 6.91. The maximum absolute atomic E-state index is 13.2. The summed E-state index contributed by atoms with van der Waals surface area (Å²) in [5.41, 5.74) is 4.41. The van der Waals surface area contributed by atoms with Gasteiger partial charge in [-0.1, -0.05) is 12.1 Å². The Kier molecular flexibility index (Phi) is 3.37. The highest BCUT2D eigenvalue weighted by Gasteiger charge is 2.21. The van der Waals surface area contributed by atoms with E-state index in [0.717, 1.165) is 29.8 Å². The highest BCUT2D eigenvalue weighted by Crippen LogP contribution is 2.31. The van der Waals surface area contributed by atoms with Gasteiger partial charge >= 0.3 is 5.97 Å². The molecular formula is C17H16FNO2. The summed E-state index contributed by atoms with van der Waals surface area (Å²) in [5, 5.41) is 9.11. The number of rotatable bonds is 3. The van der Waals surface area contributed by atoms with E-state index < -0.39 is 5.97 Å². The van der Waals surface area contributed by atoms with Gasteiger partial charge in [0.15, 0.2) is 0 Å². The van der Waals surface area contributed by atoms with Crippen molar-refractivity contribution in [3.8, 4) is 0 Å². The second-order valence-electron chi connectivity index (χ2n) is 5.39. The summed E-state index contributed by atoms with van der Waals surface area (Å²) in [7, 11) is 0. The molecule has 0 atom stereocenters. The van der Waals surface area contributed by atoms with Crippen molar-refractivity contribution in [2.45, 2.75) is 19.9 Å². The Morgan fingerprint density at radius 2 is 2.10 bits per heavy atom. The number of aromatic carboxylic acids is 1. The summed E-state index contributed by atoms with van der Waals surface area (Å²) in [6.45, 7) is 3.42. The summed E-state index contributed by atoms with van der Waals surface area (Å²) < 4.78 is 13.2. The summed E-state index contributed by atoms with van der Waals surface area (Å²) in [5.74, 6) is -1.14. The SMILES string of the molecule is Cc1cc(F)ccc1CN1CCc2ccc(C(=O)O)cc21. The van der Waals surface area contributed by atoms with E-state index in [1.165, 1.54) is 17.7 Å². The Morgan fingerprint density at radius 1 is 1.29 bits per heavy atom. The number of carboxylic acid groups (broad SMARTS) is 1. The van der Waals surface area contributed by atoms with Crippen LogP contribution in [-0.2, 0) is 13.0 Å². The summed E-state index contributed by atoms with van der Waals surface area (Å²) in [6, 6.07) is 10.0. The van der Waals surface area contributed by atoms with Crippen molar-refractivity contribution in [1.82, 2.24) is 0 Å². The van der Waals surface area contributed by atoms with Crippen LogP contribution in [0.4, 0.5) is 10.1 Å². The molecule has 0 aliphatic carbocycles. The Bertz CT molecular complexity index is 712. The lowest BCUT2D eigenvalue weighted by atomic mass is 10.1. The minimum atomic E-state index is -0.914. The van der Waals surface area contributed by atoms with Crippen LogP contribution in [0.1, 0.15) is 27.0 Å². The fourth-order valence-electron chi connectivity index (χ4n) is 2.79. The zero-order valence-electron chi connectivity index (χ0n) is 11.8. The average molecular weight is 285 g/mol. The standard InChI is InChI=1S/C17H16FNO2/c1-11-8-15(18)5-4-14(11)10-19-7-6-12-2-3-13(17(20)21)9-16(12)19/h2-5,8-9H,6-7,10H2,1H3,(H,20,21). The van der Waals surface area contributed by atoms with Crippen LogP contribution >= 0.6 is 0 Å². The van der Waals surface area contributed by atoms with E-state index in [9.17, 15) is 9.18 Å². The predicted molar refractivity (Wildman–Crippen MR) is 79.3 cm³/mol. The number of hydrogen-bond acceptors (Lipinski definition) is 2. The first-order chi connectivity index (χ1) is 10.0. The number of anilines is 1. The predicted octanol–water partition coefficient (Wildman–Crippen LogP) is 3.40. The van der Waals surface area contributed by atoms with E-state index in [1.807, 2.05) is 13.0 Å². The summed E-state index contributed by atoms with van der Waals surface area (Å²) in [6.07, 6.45) is 0.912. The van der Waals surface area contributed by atoms with Crippen LogP contribution in [0.5, 0.6) is 0 Å². The molecule has 0 amide bonds. The Morgan fingerprint density at radius 3 is 2.81 bits per heavy atom. The molecule has 1 aliphatic rings. The molecule has 108 valence electrons. The molecule has 1 N–H and O–H groups in total. The van der Waals surface area contributed by atoms with E-state index in [4.69, 9.17) is 5.11 Å². The van der Waals surface area contributed by atoms with Gasteiger partial charge in [0.25, 0.3) is 0 Å². The van der Waals surface area contributed by atoms with E-state index in [2.05, 4.69) is 4.90 Å². The quantitative estimate of drug-likeness (QED) is 0.939. The minimum absolute atomic E-state index is 0.230. The van der Waals surface area contributed by atoms with Gasteiger partial charge in [0.05, 0.1) is 5.56 Å². The monoisotopic (exact) mass is 285 g/mol. The third-order valence-corrected chi connectivity index (χ3v) is 3.99. The molecule has 4 heteroatoms. The van der Waals surface area contributed by atoms with E-state index >= 15 is 0 Å². The van der Waals surface area contributed by atoms with Gasteiger partial charge in [-0.15, -0.1) is 0 Å². The molecule has 0 bridgehead atoms. The molecule has 0 saturated heterocycles. The van der Waals surface area contributed by atoms with Gasteiger partial charge in [-0.25, -0.2) is 9.18 Å². The number of fused-ring (bicyclic) bond motifs is 1. The largest absolute Gasteiger partial charge is 0.478 e. The molecule has 0 fully saturated rings. The molecule has 0 aromatic heterocycles. The number of halogens is 1. The summed E-state index contributed by atoms with van der Waals surface area (Å²) >= 11 is 0. The van der Waals surface area contributed by atoms with Crippen molar-refractivity contribution < 1.29 is 14.3 Å². The number of carboxylic acids is 1. The molecule has 0 saturated carbocycles. The van der Waals surface area contributed by atoms with E-state index in [1.54, 1.807) is 18.2 Å². The summed E-state index contributed by atoms with van der Waals surface area (Å²) in [4.78, 5) is 13.3. The van der Waals surface area contributed by atoms with Crippen LogP contribution in [0.3, 0.4) is 0 Å². The molecule has 1 aliphatic heterocycles. The first-order valence-corrected chi connectivity index (χ1v) is 6.91. The molecule has 2 aromatic carbocycles. The zero-order valence-corrected chi connectivity index (χ0v) is 11.8. The Balaban J connectivity index is 1.90. The van der Waals surface area contributed by atoms with Gasteiger partial charge in [0, 0.05) is 18.8 Å². The lowest BCUT2D eigenvalue weighted by Gasteiger charge is -2.21. The fourth-order valence-corrected chi connectivity index (χ4v) is 2.79. The van der Waals surface area contributed by atoms with Crippen LogP contribution in [0, 0.1) is 12.7 Å². The van der Waals surface area contributed by atoms with Crippen LogP contribution in [0.25, 0.3) is 0 Å². The van der Waals surface area contributed by atoms with Crippen molar-refractivity contribution in [2.24, 2.45) is 0 Å². The third-order valence-electron chi connectivity index (χ3n) is 3.99. The van der Waals surface area contributed by atoms with Crippen molar-refractivity contribution in [3.05, 3.63) is 64.5 Å². The molecule has 0 radical (unpaired) electrons. The van der Waals surface area contributed by atoms with E-state index in [-0.39, 0.29) is 5.82 Å².